The summed E-state index contributed by atoms with van der Waals surface area (Å²) in [4.78, 5) is 10.9. The van der Waals surface area contributed by atoms with Crippen LogP contribution < -0.4 is 5.32 Å². The third-order valence-electron chi connectivity index (χ3n) is 2.89. The molecule has 0 aromatic carbocycles. The van der Waals surface area contributed by atoms with E-state index < -0.39 is 24.2 Å². The molecule has 2 unspecified atom stereocenters. The fraction of sp³-hybridized carbons (Fsp3) is 0.462. The van der Waals surface area contributed by atoms with E-state index in [-0.39, 0.29) is 6.42 Å². The summed E-state index contributed by atoms with van der Waals surface area (Å²) < 4.78 is 36.5. The SMILES string of the molecule is C\C=C/C=C1/CC(NC(=O)C(F)(F)F)C(O)/C1=C/C. The van der Waals surface area contributed by atoms with Gasteiger partial charge in [0.2, 0.25) is 0 Å². The molecule has 6 heteroatoms. The van der Waals surface area contributed by atoms with Crippen molar-refractivity contribution in [1.29, 1.82) is 0 Å². The lowest BCUT2D eigenvalue weighted by atomic mass is 10.1. The van der Waals surface area contributed by atoms with Crippen LogP contribution in [0.5, 0.6) is 0 Å². The molecule has 1 aliphatic rings. The molecule has 1 fully saturated rings. The molecule has 1 rings (SSSR count). The van der Waals surface area contributed by atoms with E-state index in [9.17, 15) is 23.1 Å². The molecule has 0 aromatic rings. The molecular weight excluding hydrogens is 259 g/mol. The summed E-state index contributed by atoms with van der Waals surface area (Å²) in [5, 5.41) is 11.7. The number of rotatable bonds is 2. The molecule has 2 atom stereocenters. The summed E-state index contributed by atoms with van der Waals surface area (Å²) >= 11 is 0. The van der Waals surface area contributed by atoms with Crippen molar-refractivity contribution in [2.75, 3.05) is 0 Å². The van der Waals surface area contributed by atoms with Crippen molar-refractivity contribution in [2.24, 2.45) is 0 Å². The highest BCUT2D eigenvalue weighted by Crippen LogP contribution is 2.32. The van der Waals surface area contributed by atoms with Gasteiger partial charge in [0, 0.05) is 0 Å². The average Bonchev–Trinajstić information content (AvgIpc) is 2.62. The van der Waals surface area contributed by atoms with E-state index in [1.54, 1.807) is 38.2 Å². The zero-order chi connectivity index (χ0) is 14.6. The van der Waals surface area contributed by atoms with Gasteiger partial charge in [0.15, 0.2) is 0 Å². The number of carbonyl (C=O) groups excluding carboxylic acids is 1. The van der Waals surface area contributed by atoms with Crippen molar-refractivity contribution in [3.05, 3.63) is 35.5 Å². The van der Waals surface area contributed by atoms with Crippen LogP contribution in [0, 0.1) is 0 Å². The minimum atomic E-state index is -4.94. The summed E-state index contributed by atoms with van der Waals surface area (Å²) in [7, 11) is 0. The van der Waals surface area contributed by atoms with Gasteiger partial charge in [0.25, 0.3) is 0 Å². The first-order valence-electron chi connectivity index (χ1n) is 5.85. The summed E-state index contributed by atoms with van der Waals surface area (Å²) in [6.07, 6.45) is 0.984. The first-order chi connectivity index (χ1) is 8.81. The van der Waals surface area contributed by atoms with Gasteiger partial charge in [0.05, 0.1) is 12.1 Å². The Morgan fingerprint density at radius 2 is 2.05 bits per heavy atom. The standard InChI is InChI=1S/C13H16F3NO2/c1-3-5-6-8-7-10(11(18)9(8)4-2)17-12(19)13(14,15)16/h3-6,10-11,18H,7H2,1-2H3,(H,17,19)/b5-3-,8-6-,9-4+. The van der Waals surface area contributed by atoms with Crippen LogP contribution >= 0.6 is 0 Å². The number of aliphatic hydroxyl groups excluding tert-OH is 1. The molecule has 0 heterocycles. The maximum Gasteiger partial charge on any atom is 0.471 e. The Morgan fingerprint density at radius 3 is 2.53 bits per heavy atom. The highest BCUT2D eigenvalue weighted by atomic mass is 19.4. The largest absolute Gasteiger partial charge is 0.471 e. The second-order valence-electron chi connectivity index (χ2n) is 4.19. The Hall–Kier alpha value is -1.56. The van der Waals surface area contributed by atoms with E-state index in [2.05, 4.69) is 0 Å². The van der Waals surface area contributed by atoms with Crippen molar-refractivity contribution in [2.45, 2.75) is 38.6 Å². The number of allylic oxidation sites excluding steroid dienone is 4. The monoisotopic (exact) mass is 275 g/mol. The van der Waals surface area contributed by atoms with Crippen molar-refractivity contribution in [3.63, 3.8) is 0 Å². The third kappa shape index (κ3) is 3.70. The van der Waals surface area contributed by atoms with Gasteiger partial charge >= 0.3 is 12.1 Å². The number of carbonyl (C=O) groups is 1. The zero-order valence-corrected chi connectivity index (χ0v) is 10.7. The quantitative estimate of drug-likeness (QED) is 0.812. The van der Waals surface area contributed by atoms with E-state index in [4.69, 9.17) is 0 Å². The smallest absolute Gasteiger partial charge is 0.386 e. The minimum Gasteiger partial charge on any atom is -0.386 e. The molecular formula is C13H16F3NO2. The van der Waals surface area contributed by atoms with Gasteiger partial charge < -0.3 is 10.4 Å². The fourth-order valence-electron chi connectivity index (χ4n) is 1.99. The normalized spacial score (nSPS) is 28.5. The maximum atomic E-state index is 12.2. The van der Waals surface area contributed by atoms with Gasteiger partial charge in [-0.1, -0.05) is 24.3 Å². The molecule has 3 nitrogen and oxygen atoms in total. The Bertz CT molecular complexity index is 436. The molecule has 0 aliphatic heterocycles. The zero-order valence-electron chi connectivity index (χ0n) is 10.7. The molecule has 0 saturated heterocycles. The average molecular weight is 275 g/mol. The molecule has 1 amide bonds. The van der Waals surface area contributed by atoms with Crippen LogP contribution in [0.2, 0.25) is 0 Å². The van der Waals surface area contributed by atoms with Gasteiger partial charge in [-0.3, -0.25) is 4.79 Å². The third-order valence-corrected chi connectivity index (χ3v) is 2.89. The van der Waals surface area contributed by atoms with Gasteiger partial charge in [-0.2, -0.15) is 13.2 Å². The Balaban J connectivity index is 2.87. The van der Waals surface area contributed by atoms with Crippen LogP contribution in [0.25, 0.3) is 0 Å². The lowest BCUT2D eigenvalue weighted by Gasteiger charge is -2.17. The number of alkyl halides is 3. The summed E-state index contributed by atoms with van der Waals surface area (Å²) in [6.45, 7) is 3.50. The molecule has 0 aromatic heterocycles. The van der Waals surface area contributed by atoms with E-state index in [1.807, 2.05) is 5.32 Å². The molecule has 2 N–H and O–H groups in total. The Kier molecular flexibility index (Phi) is 4.94. The van der Waals surface area contributed by atoms with Crippen molar-refractivity contribution >= 4 is 5.91 Å². The highest BCUT2D eigenvalue weighted by Gasteiger charge is 2.43. The molecule has 0 radical (unpaired) electrons. The van der Waals surface area contributed by atoms with Crippen LogP contribution in [-0.2, 0) is 4.79 Å². The molecule has 1 saturated carbocycles. The summed E-state index contributed by atoms with van der Waals surface area (Å²) in [5.41, 5.74) is 1.27. The topological polar surface area (TPSA) is 49.3 Å². The number of nitrogens with one attached hydrogen (secondary N) is 1. The number of hydrogen-bond acceptors (Lipinski definition) is 2. The fourth-order valence-corrected chi connectivity index (χ4v) is 1.99. The predicted octanol–water partition coefficient (Wildman–Crippen LogP) is 2.25. The molecule has 106 valence electrons. The van der Waals surface area contributed by atoms with Gasteiger partial charge in [0.1, 0.15) is 0 Å². The highest BCUT2D eigenvalue weighted by molar-refractivity contribution is 5.82. The lowest BCUT2D eigenvalue weighted by Crippen LogP contribution is -2.46. The van der Waals surface area contributed by atoms with Gasteiger partial charge in [-0.15, -0.1) is 0 Å². The van der Waals surface area contributed by atoms with Crippen molar-refractivity contribution in [1.82, 2.24) is 5.32 Å². The minimum absolute atomic E-state index is 0.174. The van der Waals surface area contributed by atoms with Crippen LogP contribution in [0.3, 0.4) is 0 Å². The van der Waals surface area contributed by atoms with Gasteiger partial charge in [-0.25, -0.2) is 0 Å². The summed E-state index contributed by atoms with van der Waals surface area (Å²) in [5.74, 6) is -2.03. The number of amides is 1. The van der Waals surface area contributed by atoms with E-state index in [1.165, 1.54) is 0 Å². The second-order valence-corrected chi connectivity index (χ2v) is 4.19. The first-order valence-corrected chi connectivity index (χ1v) is 5.85. The van der Waals surface area contributed by atoms with Gasteiger partial charge in [-0.05, 0) is 31.4 Å². The molecule has 19 heavy (non-hydrogen) atoms. The number of halogens is 3. The molecule has 0 bridgehead atoms. The van der Waals surface area contributed by atoms with Crippen molar-refractivity contribution in [3.8, 4) is 0 Å². The first kappa shape index (κ1) is 15.5. The van der Waals surface area contributed by atoms with E-state index >= 15 is 0 Å². The molecule has 1 aliphatic carbocycles. The van der Waals surface area contributed by atoms with Crippen LogP contribution in [0.1, 0.15) is 20.3 Å². The second kappa shape index (κ2) is 6.06. The maximum absolute atomic E-state index is 12.2. The van der Waals surface area contributed by atoms with Crippen LogP contribution in [0.4, 0.5) is 13.2 Å². The van der Waals surface area contributed by atoms with E-state index in [0.717, 1.165) is 5.57 Å². The van der Waals surface area contributed by atoms with Crippen LogP contribution in [-0.4, -0.2) is 29.3 Å². The van der Waals surface area contributed by atoms with E-state index in [0.29, 0.717) is 5.57 Å². The Labute approximate surface area is 109 Å². The lowest BCUT2D eigenvalue weighted by molar-refractivity contribution is -0.174. The Morgan fingerprint density at radius 1 is 1.42 bits per heavy atom. The van der Waals surface area contributed by atoms with Crippen LogP contribution in [0.15, 0.2) is 35.5 Å². The predicted molar refractivity (Wildman–Crippen MR) is 65.3 cm³/mol. The number of aliphatic hydroxyl groups is 1. The number of hydrogen-bond donors (Lipinski definition) is 2. The summed E-state index contributed by atoms with van der Waals surface area (Å²) in [6, 6.07) is -0.947. The molecule has 0 spiro atoms. The van der Waals surface area contributed by atoms with Crippen molar-refractivity contribution < 1.29 is 23.1 Å².